The minimum absolute atomic E-state index is 0.0567. The molecule has 0 bridgehead atoms. The number of hydrogen-bond donors (Lipinski definition) is 1. The highest BCUT2D eigenvalue weighted by Crippen LogP contribution is 2.44. The summed E-state index contributed by atoms with van der Waals surface area (Å²) in [6, 6.07) is 10.0. The lowest BCUT2D eigenvalue weighted by molar-refractivity contribution is -0.116. The van der Waals surface area contributed by atoms with Gasteiger partial charge < -0.3 is 4.90 Å². The molecule has 0 atom stereocenters. The molecule has 2 aromatic rings. The number of carbonyl (C=O) groups is 3. The summed E-state index contributed by atoms with van der Waals surface area (Å²) in [6.45, 7) is 0.114. The Labute approximate surface area is 173 Å². The molecule has 9 heteroatoms. The number of fused-ring (bicyclic) bond motifs is 1. The van der Waals surface area contributed by atoms with Gasteiger partial charge in [0.15, 0.2) is 0 Å². The number of amides is 3. The molecule has 0 unspecified atom stereocenters. The molecule has 2 aliphatic heterocycles. The molecule has 1 N–H and O–H groups in total. The predicted molar refractivity (Wildman–Crippen MR) is 107 cm³/mol. The molecule has 1 saturated heterocycles. The second-order valence-corrected chi connectivity index (χ2v) is 8.03. The zero-order valence-electron chi connectivity index (χ0n) is 13.4. The van der Waals surface area contributed by atoms with Gasteiger partial charge in [0.1, 0.15) is 0 Å². The van der Waals surface area contributed by atoms with Crippen LogP contribution in [0.5, 0.6) is 0 Å². The lowest BCUT2D eigenvalue weighted by atomic mass is 10.1. The number of nitrogens with zero attached hydrogens (tertiary/aromatic N) is 1. The Balaban J connectivity index is 1.86. The molecule has 0 aromatic heterocycles. The van der Waals surface area contributed by atoms with E-state index in [1.807, 2.05) is 0 Å². The van der Waals surface area contributed by atoms with Gasteiger partial charge in [0.05, 0.1) is 22.7 Å². The summed E-state index contributed by atoms with van der Waals surface area (Å²) in [6.07, 6.45) is 0. The van der Waals surface area contributed by atoms with Gasteiger partial charge in [-0.3, -0.25) is 19.7 Å². The third kappa shape index (κ3) is 3.12. The molecule has 2 aliphatic rings. The average molecular weight is 440 g/mol. The molecule has 3 amide bonds. The number of nitrogens with one attached hydrogen (secondary N) is 1. The van der Waals surface area contributed by atoms with E-state index in [2.05, 4.69) is 5.32 Å². The summed E-state index contributed by atoms with van der Waals surface area (Å²) in [5, 5.41) is 2.91. The summed E-state index contributed by atoms with van der Waals surface area (Å²) < 4.78 is 0. The lowest BCUT2D eigenvalue weighted by Crippen LogP contribution is -2.27. The van der Waals surface area contributed by atoms with Crippen molar-refractivity contribution in [2.75, 3.05) is 4.90 Å². The Bertz CT molecular complexity index is 1050. The molecule has 0 saturated carbocycles. The van der Waals surface area contributed by atoms with Crippen LogP contribution in [0.3, 0.4) is 0 Å². The molecule has 0 aliphatic carbocycles. The van der Waals surface area contributed by atoms with Gasteiger partial charge in [-0.1, -0.05) is 40.9 Å². The van der Waals surface area contributed by atoms with Crippen LogP contribution in [0.1, 0.15) is 11.1 Å². The predicted octanol–water partition coefficient (Wildman–Crippen LogP) is 4.89. The average Bonchev–Trinajstić information content (AvgIpc) is 3.06. The molecule has 5 nitrogen and oxygen atoms in total. The first-order chi connectivity index (χ1) is 12.9. The highest BCUT2D eigenvalue weighted by Gasteiger charge is 2.40. The molecule has 0 radical (unpaired) electrons. The van der Waals surface area contributed by atoms with Gasteiger partial charge in [-0.2, -0.15) is 0 Å². The zero-order valence-corrected chi connectivity index (χ0v) is 16.5. The quantitative estimate of drug-likeness (QED) is 0.677. The summed E-state index contributed by atoms with van der Waals surface area (Å²) in [4.78, 5) is 38.4. The third-order valence-electron chi connectivity index (χ3n) is 4.20. The summed E-state index contributed by atoms with van der Waals surface area (Å²) in [5.41, 5.74) is 1.78. The van der Waals surface area contributed by atoms with Crippen LogP contribution in [-0.2, 0) is 16.1 Å². The Hall–Kier alpha value is -1.99. The number of thioether (sulfide) groups is 1. The van der Waals surface area contributed by atoms with E-state index < -0.39 is 17.1 Å². The van der Waals surface area contributed by atoms with E-state index in [-0.39, 0.29) is 17.0 Å². The van der Waals surface area contributed by atoms with Crippen molar-refractivity contribution < 1.29 is 14.4 Å². The van der Waals surface area contributed by atoms with Gasteiger partial charge in [-0.15, -0.1) is 0 Å². The lowest BCUT2D eigenvalue weighted by Gasteiger charge is -2.19. The largest absolute Gasteiger partial charge is 0.303 e. The maximum atomic E-state index is 13.2. The van der Waals surface area contributed by atoms with E-state index in [9.17, 15) is 14.4 Å². The maximum Gasteiger partial charge on any atom is 0.290 e. The Morgan fingerprint density at radius 2 is 1.70 bits per heavy atom. The number of benzene rings is 2. The number of carbonyl (C=O) groups excluding carboxylic acids is 3. The van der Waals surface area contributed by atoms with Crippen molar-refractivity contribution in [2.45, 2.75) is 6.54 Å². The summed E-state index contributed by atoms with van der Waals surface area (Å²) >= 11 is 19.3. The fourth-order valence-corrected chi connectivity index (χ4v) is 4.46. The maximum absolute atomic E-state index is 13.2. The van der Waals surface area contributed by atoms with Crippen LogP contribution >= 0.6 is 46.6 Å². The normalized spacial score (nSPS) is 18.9. The van der Waals surface area contributed by atoms with Crippen LogP contribution in [-0.4, -0.2) is 17.1 Å². The number of halogens is 3. The molecule has 2 aromatic carbocycles. The van der Waals surface area contributed by atoms with Gasteiger partial charge in [-0.25, -0.2) is 0 Å². The smallest absolute Gasteiger partial charge is 0.290 e. The second-order valence-electron chi connectivity index (χ2n) is 5.80. The highest BCUT2D eigenvalue weighted by molar-refractivity contribution is 8.18. The van der Waals surface area contributed by atoms with E-state index in [1.165, 1.54) is 4.90 Å². The fraction of sp³-hybridized carbons (Fsp3) is 0.0556. The van der Waals surface area contributed by atoms with Crippen LogP contribution in [0.15, 0.2) is 41.3 Å². The van der Waals surface area contributed by atoms with Gasteiger partial charge in [-0.05, 0) is 42.1 Å². The highest BCUT2D eigenvalue weighted by atomic mass is 35.5. The van der Waals surface area contributed by atoms with Gasteiger partial charge in [0, 0.05) is 26.2 Å². The first kappa shape index (κ1) is 18.4. The number of imide groups is 1. The molecular weight excluding hydrogens is 431 g/mol. The molecule has 4 rings (SSSR count). The van der Waals surface area contributed by atoms with Crippen LogP contribution in [0, 0.1) is 0 Å². The number of anilines is 1. The molecule has 1 fully saturated rings. The molecular formula is C18H9Cl3N2O3S. The van der Waals surface area contributed by atoms with E-state index in [1.54, 1.807) is 36.4 Å². The monoisotopic (exact) mass is 438 g/mol. The molecule has 27 heavy (non-hydrogen) atoms. The fourth-order valence-electron chi connectivity index (χ4n) is 3.00. The van der Waals surface area contributed by atoms with E-state index in [0.717, 1.165) is 0 Å². The van der Waals surface area contributed by atoms with Crippen LogP contribution in [0.4, 0.5) is 10.5 Å². The van der Waals surface area contributed by atoms with Crippen molar-refractivity contribution in [3.05, 3.63) is 67.5 Å². The topological polar surface area (TPSA) is 66.5 Å². The van der Waals surface area contributed by atoms with E-state index >= 15 is 0 Å². The van der Waals surface area contributed by atoms with Crippen LogP contribution in [0.25, 0.3) is 5.57 Å². The molecule has 136 valence electrons. The van der Waals surface area contributed by atoms with Crippen molar-refractivity contribution in [1.82, 2.24) is 5.32 Å². The minimum atomic E-state index is -0.600. The summed E-state index contributed by atoms with van der Waals surface area (Å²) in [7, 11) is 0. The van der Waals surface area contributed by atoms with Crippen molar-refractivity contribution in [3.63, 3.8) is 0 Å². The van der Waals surface area contributed by atoms with Crippen LogP contribution < -0.4 is 10.2 Å². The SMILES string of the molecule is O=C1NC(=O)/C(=C2/C(=O)N(Cc3c(Cl)cccc3Cl)c3ccc(Cl)cc32)S1. The van der Waals surface area contributed by atoms with Gasteiger partial charge >= 0.3 is 0 Å². The number of rotatable bonds is 2. The van der Waals surface area contributed by atoms with Crippen molar-refractivity contribution >= 4 is 74.9 Å². The summed E-state index contributed by atoms with van der Waals surface area (Å²) in [5.74, 6) is -1.02. The standard InChI is InChI=1S/C18H9Cl3N2O3S/c19-8-4-5-13-9(6-8)14(15-16(24)22-18(26)27-15)17(25)23(13)7-10-11(20)2-1-3-12(10)21/h1-6H,7H2,(H,22,24,26)/b15-14-. The van der Waals surface area contributed by atoms with Gasteiger partial charge in [0.25, 0.3) is 17.1 Å². The molecule has 2 heterocycles. The Kier molecular flexibility index (Phi) is 4.68. The first-order valence-electron chi connectivity index (χ1n) is 7.69. The van der Waals surface area contributed by atoms with Crippen molar-refractivity contribution in [1.29, 1.82) is 0 Å². The van der Waals surface area contributed by atoms with Gasteiger partial charge in [0.2, 0.25) is 0 Å². The number of hydrogen-bond acceptors (Lipinski definition) is 4. The Morgan fingerprint density at radius 3 is 2.33 bits per heavy atom. The van der Waals surface area contributed by atoms with Crippen molar-refractivity contribution in [3.8, 4) is 0 Å². The second kappa shape index (κ2) is 6.87. The van der Waals surface area contributed by atoms with E-state index in [4.69, 9.17) is 34.8 Å². The van der Waals surface area contributed by atoms with Crippen LogP contribution in [0.2, 0.25) is 15.1 Å². The minimum Gasteiger partial charge on any atom is -0.303 e. The molecule has 0 spiro atoms. The third-order valence-corrected chi connectivity index (χ3v) is 6.02. The first-order valence-corrected chi connectivity index (χ1v) is 9.64. The Morgan fingerprint density at radius 1 is 1.00 bits per heavy atom. The van der Waals surface area contributed by atoms with E-state index in [0.29, 0.717) is 43.6 Å². The zero-order chi connectivity index (χ0) is 19.3. The van der Waals surface area contributed by atoms with Crippen molar-refractivity contribution in [2.24, 2.45) is 0 Å².